The van der Waals surface area contributed by atoms with Gasteiger partial charge in [0.25, 0.3) is 0 Å². The fraction of sp³-hybridized carbons (Fsp3) is 0.500. The molecule has 0 aliphatic carbocycles. The van der Waals surface area contributed by atoms with Crippen LogP contribution < -0.4 is 5.32 Å². The van der Waals surface area contributed by atoms with Gasteiger partial charge in [0.2, 0.25) is 0 Å². The third-order valence-corrected chi connectivity index (χ3v) is 2.55. The van der Waals surface area contributed by atoms with Crippen molar-refractivity contribution < 1.29 is 19.4 Å². The quantitative estimate of drug-likeness (QED) is 0.878. The second-order valence-corrected chi connectivity index (χ2v) is 5.81. The van der Waals surface area contributed by atoms with Gasteiger partial charge in [0.1, 0.15) is 11.6 Å². The molecule has 5 nitrogen and oxygen atoms in total. The number of carbonyl (C=O) groups excluding carboxylic acids is 1. The first-order valence-electron chi connectivity index (χ1n) is 7.14. The SMILES string of the molecule is CC.CC(C)(C)OC(=O)NC(Cc1cccc(Cl)c1)C(=O)O. The molecule has 6 heteroatoms. The molecule has 0 heterocycles. The molecule has 0 radical (unpaired) electrons. The summed E-state index contributed by atoms with van der Waals surface area (Å²) in [7, 11) is 0. The average Bonchev–Trinajstić information content (AvgIpc) is 2.38. The molecule has 0 aromatic heterocycles. The molecule has 1 aromatic rings. The number of alkyl carbamates (subject to hydrolysis) is 1. The summed E-state index contributed by atoms with van der Waals surface area (Å²) in [6.45, 7) is 9.12. The van der Waals surface area contributed by atoms with Gasteiger partial charge in [-0.05, 0) is 38.5 Å². The summed E-state index contributed by atoms with van der Waals surface area (Å²) in [6.07, 6.45) is -0.623. The molecule has 2 N–H and O–H groups in total. The van der Waals surface area contributed by atoms with Crippen LogP contribution in [0.15, 0.2) is 24.3 Å². The lowest BCUT2D eigenvalue weighted by atomic mass is 10.1. The van der Waals surface area contributed by atoms with E-state index in [0.29, 0.717) is 5.02 Å². The molecule has 1 atom stereocenters. The second-order valence-electron chi connectivity index (χ2n) is 5.37. The van der Waals surface area contributed by atoms with Crippen LogP contribution in [0.2, 0.25) is 5.02 Å². The molecule has 0 saturated heterocycles. The molecule has 1 unspecified atom stereocenters. The molecule has 0 spiro atoms. The Kier molecular flexibility index (Phi) is 8.56. The standard InChI is InChI=1S/C14H18ClNO4.C2H6/c1-14(2,3)20-13(19)16-11(12(17)18)8-9-5-4-6-10(15)7-9;1-2/h4-7,11H,8H2,1-3H3,(H,16,19)(H,17,18);1-2H3. The van der Waals surface area contributed by atoms with E-state index in [1.54, 1.807) is 45.0 Å². The van der Waals surface area contributed by atoms with Crippen LogP contribution in [0, 0.1) is 0 Å². The summed E-state index contributed by atoms with van der Waals surface area (Å²) in [5.41, 5.74) is 0.0457. The van der Waals surface area contributed by atoms with Gasteiger partial charge in [-0.3, -0.25) is 0 Å². The van der Waals surface area contributed by atoms with Gasteiger partial charge < -0.3 is 15.2 Å². The maximum absolute atomic E-state index is 11.6. The van der Waals surface area contributed by atoms with Crippen molar-refractivity contribution in [1.29, 1.82) is 0 Å². The number of rotatable bonds is 4. The molecule has 0 aliphatic rings. The Morgan fingerprint density at radius 3 is 2.36 bits per heavy atom. The maximum atomic E-state index is 11.6. The monoisotopic (exact) mass is 329 g/mol. The minimum atomic E-state index is -1.13. The summed E-state index contributed by atoms with van der Waals surface area (Å²) in [4.78, 5) is 22.8. The zero-order valence-corrected chi connectivity index (χ0v) is 14.4. The van der Waals surface area contributed by atoms with Crippen molar-refractivity contribution in [2.24, 2.45) is 0 Å². The Morgan fingerprint density at radius 2 is 1.91 bits per heavy atom. The summed E-state index contributed by atoms with van der Waals surface area (Å²) in [5, 5.41) is 12.0. The molecular formula is C16H24ClNO4. The van der Waals surface area contributed by atoms with E-state index >= 15 is 0 Å². The molecular weight excluding hydrogens is 306 g/mol. The Bertz CT molecular complexity index is 497. The third-order valence-electron chi connectivity index (χ3n) is 2.32. The number of benzene rings is 1. The first-order valence-corrected chi connectivity index (χ1v) is 7.52. The normalized spacial score (nSPS) is 11.7. The summed E-state index contributed by atoms with van der Waals surface area (Å²) in [6, 6.07) is 5.77. The van der Waals surface area contributed by atoms with E-state index in [-0.39, 0.29) is 6.42 Å². The summed E-state index contributed by atoms with van der Waals surface area (Å²) < 4.78 is 5.04. The largest absolute Gasteiger partial charge is 0.480 e. The fourth-order valence-electron chi connectivity index (χ4n) is 1.55. The zero-order valence-electron chi connectivity index (χ0n) is 13.6. The van der Waals surface area contributed by atoms with Gasteiger partial charge in [-0.15, -0.1) is 0 Å². The molecule has 0 saturated carbocycles. The number of aliphatic carboxylic acids is 1. The van der Waals surface area contributed by atoms with Gasteiger partial charge >= 0.3 is 12.1 Å². The molecule has 1 amide bonds. The molecule has 0 fully saturated rings. The van der Waals surface area contributed by atoms with Crippen molar-refractivity contribution in [3.63, 3.8) is 0 Å². The van der Waals surface area contributed by atoms with Crippen molar-refractivity contribution in [1.82, 2.24) is 5.32 Å². The Balaban J connectivity index is 0.00000211. The highest BCUT2D eigenvalue weighted by Crippen LogP contribution is 2.13. The molecule has 1 aromatic carbocycles. The number of ether oxygens (including phenoxy) is 1. The molecule has 0 bridgehead atoms. The third kappa shape index (κ3) is 8.52. The number of nitrogens with one attached hydrogen (secondary N) is 1. The maximum Gasteiger partial charge on any atom is 0.408 e. The second kappa shape index (κ2) is 9.30. The van der Waals surface area contributed by atoms with Crippen LogP contribution in [-0.4, -0.2) is 28.8 Å². The molecule has 0 aliphatic heterocycles. The van der Waals surface area contributed by atoms with Crippen molar-refractivity contribution in [3.05, 3.63) is 34.9 Å². The number of hydrogen-bond acceptors (Lipinski definition) is 3. The van der Waals surface area contributed by atoms with Gasteiger partial charge in [-0.2, -0.15) is 0 Å². The predicted molar refractivity (Wildman–Crippen MR) is 87.3 cm³/mol. The van der Waals surface area contributed by atoms with E-state index in [0.717, 1.165) is 5.56 Å². The minimum absolute atomic E-state index is 0.134. The Morgan fingerprint density at radius 1 is 1.32 bits per heavy atom. The van der Waals surface area contributed by atoms with Gasteiger partial charge in [0.05, 0.1) is 0 Å². The van der Waals surface area contributed by atoms with Crippen molar-refractivity contribution in [2.45, 2.75) is 52.7 Å². The summed E-state index contributed by atoms with van der Waals surface area (Å²) in [5.74, 6) is -1.13. The Hall–Kier alpha value is -1.75. The highest BCUT2D eigenvalue weighted by molar-refractivity contribution is 6.30. The van der Waals surface area contributed by atoms with Crippen LogP contribution in [0.25, 0.3) is 0 Å². The molecule has 1 rings (SSSR count). The smallest absolute Gasteiger partial charge is 0.408 e. The van der Waals surface area contributed by atoms with E-state index < -0.39 is 23.7 Å². The van der Waals surface area contributed by atoms with Crippen LogP contribution >= 0.6 is 11.6 Å². The number of carboxylic acids is 1. The van der Waals surface area contributed by atoms with Crippen LogP contribution in [0.5, 0.6) is 0 Å². The number of halogens is 1. The number of hydrogen-bond donors (Lipinski definition) is 2. The lowest BCUT2D eigenvalue weighted by molar-refractivity contribution is -0.139. The minimum Gasteiger partial charge on any atom is -0.480 e. The van der Waals surface area contributed by atoms with Crippen LogP contribution in [0.3, 0.4) is 0 Å². The predicted octanol–water partition coefficient (Wildman–Crippen LogP) is 3.89. The van der Waals surface area contributed by atoms with E-state index in [4.69, 9.17) is 21.4 Å². The van der Waals surface area contributed by atoms with E-state index in [2.05, 4.69) is 5.32 Å². The van der Waals surface area contributed by atoms with Gasteiger partial charge in [-0.1, -0.05) is 37.6 Å². The van der Waals surface area contributed by atoms with E-state index in [1.165, 1.54) is 0 Å². The van der Waals surface area contributed by atoms with Crippen molar-refractivity contribution in [3.8, 4) is 0 Å². The van der Waals surface area contributed by atoms with E-state index in [1.807, 2.05) is 13.8 Å². The molecule has 22 heavy (non-hydrogen) atoms. The topological polar surface area (TPSA) is 75.6 Å². The van der Waals surface area contributed by atoms with Gasteiger partial charge in [0.15, 0.2) is 0 Å². The van der Waals surface area contributed by atoms with Crippen molar-refractivity contribution in [2.75, 3.05) is 0 Å². The van der Waals surface area contributed by atoms with Crippen molar-refractivity contribution >= 4 is 23.7 Å². The number of carboxylic acid groups (broad SMARTS) is 1. The van der Waals surface area contributed by atoms with Crippen LogP contribution in [0.4, 0.5) is 4.79 Å². The zero-order chi connectivity index (χ0) is 17.3. The summed E-state index contributed by atoms with van der Waals surface area (Å²) >= 11 is 5.84. The molecule has 124 valence electrons. The Labute approximate surface area is 136 Å². The van der Waals surface area contributed by atoms with E-state index in [9.17, 15) is 9.59 Å². The average molecular weight is 330 g/mol. The van der Waals surface area contributed by atoms with Crippen LogP contribution in [-0.2, 0) is 16.0 Å². The van der Waals surface area contributed by atoms with Crippen LogP contribution in [0.1, 0.15) is 40.2 Å². The lowest BCUT2D eigenvalue weighted by Crippen LogP contribution is -2.44. The highest BCUT2D eigenvalue weighted by atomic mass is 35.5. The number of carbonyl (C=O) groups is 2. The fourth-order valence-corrected chi connectivity index (χ4v) is 1.76. The van der Waals surface area contributed by atoms with Gasteiger partial charge in [-0.25, -0.2) is 9.59 Å². The number of amides is 1. The first-order chi connectivity index (χ1) is 10.2. The van der Waals surface area contributed by atoms with Gasteiger partial charge in [0, 0.05) is 11.4 Å². The first kappa shape index (κ1) is 20.2. The highest BCUT2D eigenvalue weighted by Gasteiger charge is 2.24. The lowest BCUT2D eigenvalue weighted by Gasteiger charge is -2.22.